The van der Waals surface area contributed by atoms with E-state index in [9.17, 15) is 15.0 Å². The van der Waals surface area contributed by atoms with Crippen LogP contribution in [0.15, 0.2) is 24.3 Å². The van der Waals surface area contributed by atoms with Gasteiger partial charge in [0, 0.05) is 17.7 Å². The second-order valence-electron chi connectivity index (χ2n) is 6.36. The maximum Gasteiger partial charge on any atom is 0.223 e. The van der Waals surface area contributed by atoms with Crippen LogP contribution in [-0.2, 0) is 4.79 Å². The fourth-order valence-corrected chi connectivity index (χ4v) is 3.47. The number of aliphatic hydroxyl groups is 2. The molecule has 2 rings (SSSR count). The molecule has 1 aromatic rings. The van der Waals surface area contributed by atoms with E-state index >= 15 is 0 Å². The largest absolute Gasteiger partial charge is 0.396 e. The zero-order valence-electron chi connectivity index (χ0n) is 13.4. The Morgan fingerprint density at radius 2 is 1.87 bits per heavy atom. The molecule has 4 nitrogen and oxygen atoms in total. The molecular weight excluding hydrogens is 314 g/mol. The van der Waals surface area contributed by atoms with Crippen molar-refractivity contribution in [2.75, 3.05) is 6.61 Å². The van der Waals surface area contributed by atoms with Crippen LogP contribution in [-0.4, -0.2) is 28.8 Å². The van der Waals surface area contributed by atoms with E-state index in [0.29, 0.717) is 22.9 Å². The lowest BCUT2D eigenvalue weighted by molar-refractivity contribution is -0.124. The van der Waals surface area contributed by atoms with E-state index in [0.717, 1.165) is 12.8 Å². The molecule has 1 saturated carbocycles. The topological polar surface area (TPSA) is 69.6 Å². The molecule has 1 amide bonds. The molecule has 1 aromatic carbocycles. The van der Waals surface area contributed by atoms with E-state index < -0.39 is 6.10 Å². The van der Waals surface area contributed by atoms with Crippen molar-refractivity contribution < 1.29 is 15.0 Å². The predicted molar refractivity (Wildman–Crippen MR) is 91.2 cm³/mol. The average Bonchev–Trinajstić information content (AvgIpc) is 2.55. The summed E-state index contributed by atoms with van der Waals surface area (Å²) in [7, 11) is 0. The molecule has 0 radical (unpaired) electrons. The highest BCUT2D eigenvalue weighted by Crippen LogP contribution is 2.28. The van der Waals surface area contributed by atoms with Crippen LogP contribution >= 0.6 is 11.6 Å². The van der Waals surface area contributed by atoms with Crippen molar-refractivity contribution in [3.63, 3.8) is 0 Å². The number of amides is 1. The van der Waals surface area contributed by atoms with Gasteiger partial charge in [-0.15, -0.1) is 0 Å². The fraction of sp³-hybridized carbons (Fsp3) is 0.611. The van der Waals surface area contributed by atoms with E-state index in [-0.39, 0.29) is 25.0 Å². The summed E-state index contributed by atoms with van der Waals surface area (Å²) in [4.78, 5) is 12.2. The van der Waals surface area contributed by atoms with Gasteiger partial charge >= 0.3 is 0 Å². The third-order valence-electron chi connectivity index (χ3n) is 4.64. The molecule has 1 aliphatic rings. The van der Waals surface area contributed by atoms with Crippen molar-refractivity contribution in [3.8, 4) is 0 Å². The summed E-state index contributed by atoms with van der Waals surface area (Å²) < 4.78 is 0. The first-order valence-corrected chi connectivity index (χ1v) is 8.81. The summed E-state index contributed by atoms with van der Waals surface area (Å²) >= 11 is 5.83. The quantitative estimate of drug-likeness (QED) is 0.714. The molecular formula is C18H26ClNO3. The Bertz CT molecular complexity index is 486. The van der Waals surface area contributed by atoms with Gasteiger partial charge in [-0.25, -0.2) is 0 Å². The Hall–Kier alpha value is -1.10. The van der Waals surface area contributed by atoms with Gasteiger partial charge in [-0.2, -0.15) is 0 Å². The molecule has 23 heavy (non-hydrogen) atoms. The monoisotopic (exact) mass is 339 g/mol. The molecule has 2 unspecified atom stereocenters. The minimum atomic E-state index is -0.839. The van der Waals surface area contributed by atoms with E-state index in [2.05, 4.69) is 5.32 Å². The smallest absolute Gasteiger partial charge is 0.223 e. The van der Waals surface area contributed by atoms with Gasteiger partial charge in [0.15, 0.2) is 0 Å². The number of halogens is 1. The number of nitrogens with one attached hydrogen (secondary N) is 1. The number of hydrogen-bond donors (Lipinski definition) is 3. The molecule has 3 N–H and O–H groups in total. The third-order valence-corrected chi connectivity index (χ3v) is 4.89. The summed E-state index contributed by atoms with van der Waals surface area (Å²) in [5.41, 5.74) is 0.681. The first kappa shape index (κ1) is 18.2. The third kappa shape index (κ3) is 5.79. The van der Waals surface area contributed by atoms with Crippen molar-refractivity contribution in [3.05, 3.63) is 34.9 Å². The number of carbonyl (C=O) groups excluding carboxylic acids is 1. The number of aliphatic hydroxyl groups excluding tert-OH is 2. The fourth-order valence-electron chi connectivity index (χ4n) is 3.35. The summed E-state index contributed by atoms with van der Waals surface area (Å²) in [6, 6.07) is 6.87. The standard InChI is InChI=1S/C18H26ClNO3/c19-15-8-6-14(7-9-15)17(22)12-18(23)20-16(10-11-21)13-4-2-1-3-5-13/h6-9,13,16-17,21-22H,1-5,10-12H2,(H,20,23). The molecule has 0 saturated heterocycles. The lowest BCUT2D eigenvalue weighted by atomic mass is 9.82. The molecule has 0 spiro atoms. The van der Waals surface area contributed by atoms with Crippen molar-refractivity contribution in [1.29, 1.82) is 0 Å². The van der Waals surface area contributed by atoms with Crippen molar-refractivity contribution in [1.82, 2.24) is 5.32 Å². The second kappa shape index (κ2) is 9.26. The van der Waals surface area contributed by atoms with E-state index in [1.54, 1.807) is 24.3 Å². The molecule has 5 heteroatoms. The number of carbonyl (C=O) groups is 1. The van der Waals surface area contributed by atoms with Gasteiger partial charge in [0.25, 0.3) is 0 Å². The Labute approximate surface area is 142 Å². The van der Waals surface area contributed by atoms with Crippen molar-refractivity contribution in [2.24, 2.45) is 5.92 Å². The minimum Gasteiger partial charge on any atom is -0.396 e. The van der Waals surface area contributed by atoms with Gasteiger partial charge in [-0.05, 0) is 42.9 Å². The van der Waals surface area contributed by atoms with Crippen LogP contribution in [0, 0.1) is 5.92 Å². The van der Waals surface area contributed by atoms with Gasteiger partial charge in [0.2, 0.25) is 5.91 Å². The van der Waals surface area contributed by atoms with Crippen LogP contribution < -0.4 is 5.32 Å². The number of rotatable bonds is 7. The van der Waals surface area contributed by atoms with Crippen LogP contribution in [0.3, 0.4) is 0 Å². The summed E-state index contributed by atoms with van der Waals surface area (Å²) in [6.07, 6.45) is 5.60. The van der Waals surface area contributed by atoms with E-state index in [4.69, 9.17) is 11.6 Å². The van der Waals surface area contributed by atoms with Crippen molar-refractivity contribution >= 4 is 17.5 Å². The molecule has 2 atom stereocenters. The molecule has 0 aliphatic heterocycles. The summed E-state index contributed by atoms with van der Waals surface area (Å²) in [5.74, 6) is 0.268. The van der Waals surface area contributed by atoms with Crippen LogP contribution in [0.25, 0.3) is 0 Å². The van der Waals surface area contributed by atoms with Crippen LogP contribution in [0.4, 0.5) is 0 Å². The Balaban J connectivity index is 1.88. The lowest BCUT2D eigenvalue weighted by Crippen LogP contribution is -2.42. The highest BCUT2D eigenvalue weighted by Gasteiger charge is 2.25. The maximum absolute atomic E-state index is 12.2. The highest BCUT2D eigenvalue weighted by atomic mass is 35.5. The zero-order chi connectivity index (χ0) is 16.7. The molecule has 1 fully saturated rings. The molecule has 1 aliphatic carbocycles. The van der Waals surface area contributed by atoms with Gasteiger partial charge in [0.1, 0.15) is 0 Å². The number of benzene rings is 1. The Morgan fingerprint density at radius 1 is 1.22 bits per heavy atom. The van der Waals surface area contributed by atoms with Crippen molar-refractivity contribution in [2.45, 2.75) is 57.1 Å². The second-order valence-corrected chi connectivity index (χ2v) is 6.79. The minimum absolute atomic E-state index is 0.00483. The molecule has 0 bridgehead atoms. The number of hydrogen-bond acceptors (Lipinski definition) is 3. The van der Waals surface area contributed by atoms with Gasteiger partial charge < -0.3 is 15.5 Å². The first-order chi connectivity index (χ1) is 11.1. The van der Waals surface area contributed by atoms with Crippen LogP contribution in [0.2, 0.25) is 5.02 Å². The maximum atomic E-state index is 12.2. The SMILES string of the molecule is O=C(CC(O)c1ccc(Cl)cc1)NC(CCO)C1CCCCC1. The Morgan fingerprint density at radius 3 is 2.48 bits per heavy atom. The first-order valence-electron chi connectivity index (χ1n) is 8.44. The normalized spacial score (nSPS) is 18.4. The van der Waals surface area contributed by atoms with Gasteiger partial charge in [0.05, 0.1) is 12.5 Å². The van der Waals surface area contributed by atoms with E-state index in [1.807, 2.05) is 0 Å². The molecule has 0 heterocycles. The molecule has 0 aromatic heterocycles. The van der Waals surface area contributed by atoms with Gasteiger partial charge in [-0.1, -0.05) is 43.0 Å². The Kier molecular flexibility index (Phi) is 7.34. The highest BCUT2D eigenvalue weighted by molar-refractivity contribution is 6.30. The average molecular weight is 340 g/mol. The zero-order valence-corrected chi connectivity index (χ0v) is 14.1. The summed E-state index contributed by atoms with van der Waals surface area (Å²) in [6.45, 7) is 0.0706. The van der Waals surface area contributed by atoms with Crippen LogP contribution in [0.5, 0.6) is 0 Å². The molecule has 128 valence electrons. The lowest BCUT2D eigenvalue weighted by Gasteiger charge is -2.31. The van der Waals surface area contributed by atoms with Gasteiger partial charge in [-0.3, -0.25) is 4.79 Å². The van der Waals surface area contributed by atoms with E-state index in [1.165, 1.54) is 19.3 Å². The van der Waals surface area contributed by atoms with Crippen LogP contribution in [0.1, 0.15) is 56.6 Å². The summed E-state index contributed by atoms with van der Waals surface area (Å²) in [5, 5.41) is 23.1. The predicted octanol–water partition coefficient (Wildman–Crippen LogP) is 3.21.